The molecule has 3 heteroatoms. The molecule has 2 nitrogen and oxygen atoms in total. The molecule has 0 unspecified atom stereocenters. The minimum Gasteiger partial charge on any atom is -0.325 e. The Balaban J connectivity index is 2.52. The van der Waals surface area contributed by atoms with E-state index in [4.69, 9.17) is 6.42 Å². The van der Waals surface area contributed by atoms with Gasteiger partial charge in [-0.1, -0.05) is 30.2 Å². The Morgan fingerprint density at radius 1 is 1.26 bits per heavy atom. The molecule has 94 valence electrons. The van der Waals surface area contributed by atoms with Crippen molar-refractivity contribution in [3.8, 4) is 23.5 Å². The van der Waals surface area contributed by atoms with Crippen LogP contribution in [0, 0.1) is 12.3 Å². The molecule has 1 N–H and O–H groups in total. The van der Waals surface area contributed by atoms with Crippen LogP contribution in [0.25, 0.3) is 11.1 Å². The molecule has 2 aromatic carbocycles. The summed E-state index contributed by atoms with van der Waals surface area (Å²) < 4.78 is 0.838. The van der Waals surface area contributed by atoms with Gasteiger partial charge in [-0.05, 0) is 45.3 Å². The molecular weight excluding hydrogens is 302 g/mol. The number of carbonyl (C=O) groups is 1. The van der Waals surface area contributed by atoms with Gasteiger partial charge in [0.15, 0.2) is 0 Å². The maximum absolute atomic E-state index is 11.2. The minimum absolute atomic E-state index is 0.108. The zero-order valence-electron chi connectivity index (χ0n) is 10.4. The van der Waals surface area contributed by atoms with E-state index < -0.39 is 0 Å². The van der Waals surface area contributed by atoms with Gasteiger partial charge < -0.3 is 5.32 Å². The largest absolute Gasteiger partial charge is 0.325 e. The number of amides is 1. The lowest BCUT2D eigenvalue weighted by molar-refractivity contribution is -0.114. The van der Waals surface area contributed by atoms with Crippen LogP contribution in [0.2, 0.25) is 0 Å². The fourth-order valence-electron chi connectivity index (χ4n) is 1.84. The van der Waals surface area contributed by atoms with Gasteiger partial charge in [0.25, 0.3) is 0 Å². The van der Waals surface area contributed by atoms with Crippen molar-refractivity contribution in [1.29, 1.82) is 0 Å². The Morgan fingerprint density at radius 3 is 2.68 bits per heavy atom. The molecule has 0 radical (unpaired) electrons. The number of nitrogens with one attached hydrogen (secondary N) is 1. The summed E-state index contributed by atoms with van der Waals surface area (Å²) in [5.41, 5.74) is 3.51. The highest BCUT2D eigenvalue weighted by Crippen LogP contribution is 2.30. The maximum atomic E-state index is 11.2. The van der Waals surface area contributed by atoms with E-state index >= 15 is 0 Å². The maximum Gasteiger partial charge on any atom is 0.221 e. The van der Waals surface area contributed by atoms with E-state index in [1.54, 1.807) is 0 Å². The number of terminal acetylenes is 1. The first-order valence-electron chi connectivity index (χ1n) is 5.75. The number of carbonyl (C=O) groups excluding carboxylic acids is 1. The second-order valence-corrected chi connectivity index (χ2v) is 4.92. The van der Waals surface area contributed by atoms with Crippen LogP contribution in [0.1, 0.15) is 12.5 Å². The second kappa shape index (κ2) is 5.73. The fraction of sp³-hybridized carbons (Fsp3) is 0.0625. The van der Waals surface area contributed by atoms with Gasteiger partial charge in [0, 0.05) is 17.0 Å². The Labute approximate surface area is 121 Å². The van der Waals surface area contributed by atoms with Crippen molar-refractivity contribution in [2.24, 2.45) is 0 Å². The van der Waals surface area contributed by atoms with Gasteiger partial charge in [-0.15, -0.1) is 6.42 Å². The monoisotopic (exact) mass is 313 g/mol. The number of hydrogen-bond donors (Lipinski definition) is 1. The summed E-state index contributed by atoms with van der Waals surface area (Å²) >= 11 is 3.41. The lowest BCUT2D eigenvalue weighted by atomic mass is 10.00. The summed E-state index contributed by atoms with van der Waals surface area (Å²) in [5.74, 6) is 2.56. The highest BCUT2D eigenvalue weighted by Gasteiger charge is 2.07. The molecule has 0 atom stereocenters. The van der Waals surface area contributed by atoms with E-state index in [1.165, 1.54) is 6.92 Å². The SMILES string of the molecule is C#Cc1ccccc1-c1ccc(Br)c(NC(C)=O)c1. The standard InChI is InChI=1S/C16H12BrNO/c1-3-12-6-4-5-7-14(12)13-8-9-15(17)16(10-13)18-11(2)19/h1,4-10H,2H3,(H,18,19). The Bertz CT molecular complexity index is 671. The van der Waals surface area contributed by atoms with E-state index in [-0.39, 0.29) is 5.91 Å². The molecule has 0 aliphatic rings. The number of benzene rings is 2. The topological polar surface area (TPSA) is 29.1 Å². The molecular formula is C16H12BrNO. The first kappa shape index (κ1) is 13.4. The third-order valence-corrected chi connectivity index (χ3v) is 3.36. The van der Waals surface area contributed by atoms with Crippen LogP contribution in [0.15, 0.2) is 46.9 Å². The molecule has 2 aromatic rings. The summed E-state index contributed by atoms with van der Waals surface area (Å²) in [6.07, 6.45) is 5.51. The molecule has 0 aliphatic carbocycles. The van der Waals surface area contributed by atoms with Gasteiger partial charge in [-0.2, -0.15) is 0 Å². The van der Waals surface area contributed by atoms with Crippen molar-refractivity contribution in [3.63, 3.8) is 0 Å². The van der Waals surface area contributed by atoms with Crippen LogP contribution in [0.4, 0.5) is 5.69 Å². The van der Waals surface area contributed by atoms with E-state index in [0.717, 1.165) is 26.9 Å². The number of rotatable bonds is 2. The van der Waals surface area contributed by atoms with Crippen LogP contribution in [-0.2, 0) is 4.79 Å². The van der Waals surface area contributed by atoms with Crippen molar-refractivity contribution in [1.82, 2.24) is 0 Å². The molecule has 19 heavy (non-hydrogen) atoms. The molecule has 0 fully saturated rings. The first-order valence-corrected chi connectivity index (χ1v) is 6.54. The predicted molar refractivity (Wildman–Crippen MR) is 81.8 cm³/mol. The summed E-state index contributed by atoms with van der Waals surface area (Å²) in [6.45, 7) is 1.48. The number of hydrogen-bond acceptors (Lipinski definition) is 1. The molecule has 0 heterocycles. The molecule has 1 amide bonds. The molecule has 0 aromatic heterocycles. The molecule has 0 spiro atoms. The Kier molecular flexibility index (Phi) is 4.03. The zero-order valence-corrected chi connectivity index (χ0v) is 12.0. The van der Waals surface area contributed by atoms with Crippen molar-refractivity contribution in [2.45, 2.75) is 6.92 Å². The average Bonchev–Trinajstić information content (AvgIpc) is 2.41. The second-order valence-electron chi connectivity index (χ2n) is 4.07. The zero-order chi connectivity index (χ0) is 13.8. The van der Waals surface area contributed by atoms with Gasteiger partial charge in [-0.3, -0.25) is 4.79 Å². The van der Waals surface area contributed by atoms with Gasteiger partial charge >= 0.3 is 0 Å². The van der Waals surface area contributed by atoms with Gasteiger partial charge in [0.05, 0.1) is 5.69 Å². The van der Waals surface area contributed by atoms with Crippen molar-refractivity contribution in [3.05, 3.63) is 52.5 Å². The van der Waals surface area contributed by atoms with Crippen LogP contribution in [0.3, 0.4) is 0 Å². The molecule has 0 saturated heterocycles. The van der Waals surface area contributed by atoms with Crippen LogP contribution in [-0.4, -0.2) is 5.91 Å². The lowest BCUT2D eigenvalue weighted by Crippen LogP contribution is -2.06. The molecule has 2 rings (SSSR count). The first-order chi connectivity index (χ1) is 9.11. The molecule has 0 aliphatic heterocycles. The summed E-state index contributed by atoms with van der Waals surface area (Å²) in [6, 6.07) is 13.5. The van der Waals surface area contributed by atoms with E-state index in [1.807, 2.05) is 42.5 Å². The van der Waals surface area contributed by atoms with Crippen LogP contribution >= 0.6 is 15.9 Å². The molecule has 0 saturated carbocycles. The van der Waals surface area contributed by atoms with Gasteiger partial charge in [0.1, 0.15) is 0 Å². The summed E-state index contributed by atoms with van der Waals surface area (Å²) in [5, 5.41) is 2.78. The van der Waals surface area contributed by atoms with Gasteiger partial charge in [0.2, 0.25) is 5.91 Å². The number of anilines is 1. The Morgan fingerprint density at radius 2 is 2.00 bits per heavy atom. The average molecular weight is 314 g/mol. The van der Waals surface area contributed by atoms with E-state index in [9.17, 15) is 4.79 Å². The lowest BCUT2D eigenvalue weighted by Gasteiger charge is -2.10. The van der Waals surface area contributed by atoms with Crippen LogP contribution < -0.4 is 5.32 Å². The molecule has 0 bridgehead atoms. The minimum atomic E-state index is -0.108. The normalized spacial score (nSPS) is 9.74. The fourth-order valence-corrected chi connectivity index (χ4v) is 2.18. The third kappa shape index (κ3) is 3.04. The van der Waals surface area contributed by atoms with E-state index in [0.29, 0.717) is 0 Å². The van der Waals surface area contributed by atoms with Crippen molar-refractivity contribution in [2.75, 3.05) is 5.32 Å². The third-order valence-electron chi connectivity index (χ3n) is 2.67. The van der Waals surface area contributed by atoms with E-state index in [2.05, 4.69) is 27.2 Å². The Hall–Kier alpha value is -2.05. The smallest absolute Gasteiger partial charge is 0.221 e. The highest BCUT2D eigenvalue weighted by atomic mass is 79.9. The van der Waals surface area contributed by atoms with Gasteiger partial charge in [-0.25, -0.2) is 0 Å². The number of halogens is 1. The quantitative estimate of drug-likeness (QED) is 0.832. The van der Waals surface area contributed by atoms with Crippen molar-refractivity contribution >= 4 is 27.5 Å². The predicted octanol–water partition coefficient (Wildman–Crippen LogP) is 4.06. The van der Waals surface area contributed by atoms with Crippen molar-refractivity contribution < 1.29 is 4.79 Å². The highest BCUT2D eigenvalue weighted by molar-refractivity contribution is 9.10. The summed E-state index contributed by atoms with van der Waals surface area (Å²) in [7, 11) is 0. The van der Waals surface area contributed by atoms with Crippen LogP contribution in [0.5, 0.6) is 0 Å². The summed E-state index contributed by atoms with van der Waals surface area (Å²) in [4.78, 5) is 11.2.